The molecule has 5 nitrogen and oxygen atoms in total. The molecule has 0 atom stereocenters. The van der Waals surface area contributed by atoms with Crippen LogP contribution in [-0.4, -0.2) is 9.55 Å². The molecule has 2 rings (SSSR count). The molecule has 1 heterocycles. The molecule has 0 amide bonds. The van der Waals surface area contributed by atoms with E-state index >= 15 is 0 Å². The van der Waals surface area contributed by atoms with Crippen molar-refractivity contribution >= 4 is 22.3 Å². The highest BCUT2D eigenvalue weighted by Crippen LogP contribution is 2.21. The van der Waals surface area contributed by atoms with Gasteiger partial charge in [0.25, 0.3) is 5.56 Å². The van der Waals surface area contributed by atoms with Crippen LogP contribution in [0.5, 0.6) is 0 Å². The smallest absolute Gasteiger partial charge is 0.263 e. The zero-order valence-electron chi connectivity index (χ0n) is 9.81. The first kappa shape index (κ1) is 11.4. The van der Waals surface area contributed by atoms with E-state index in [9.17, 15) is 4.79 Å². The van der Waals surface area contributed by atoms with Crippen molar-refractivity contribution in [2.75, 3.05) is 11.5 Å². The number of aryl methyl sites for hydroxylation is 1. The van der Waals surface area contributed by atoms with E-state index in [1.165, 1.54) is 0 Å². The maximum Gasteiger partial charge on any atom is 0.263 e. The molecule has 5 heteroatoms. The van der Waals surface area contributed by atoms with Crippen LogP contribution in [0.2, 0.25) is 0 Å². The molecule has 1 aromatic carbocycles. The van der Waals surface area contributed by atoms with Gasteiger partial charge in [-0.1, -0.05) is 13.3 Å². The molecule has 1 aromatic heterocycles. The zero-order chi connectivity index (χ0) is 12.4. The van der Waals surface area contributed by atoms with Gasteiger partial charge in [-0.2, -0.15) is 0 Å². The summed E-state index contributed by atoms with van der Waals surface area (Å²) < 4.78 is 1.58. The van der Waals surface area contributed by atoms with Crippen LogP contribution in [0.3, 0.4) is 0 Å². The second-order valence-electron chi connectivity index (χ2n) is 4.06. The molecule has 0 radical (unpaired) electrons. The first-order valence-corrected chi connectivity index (χ1v) is 5.68. The number of nitrogen functional groups attached to an aromatic ring is 2. The molecule has 0 saturated carbocycles. The first-order valence-electron chi connectivity index (χ1n) is 5.68. The van der Waals surface area contributed by atoms with Crippen LogP contribution in [0.1, 0.15) is 19.8 Å². The Morgan fingerprint density at radius 3 is 2.82 bits per heavy atom. The minimum atomic E-state index is -0.117. The average Bonchev–Trinajstić information content (AvgIpc) is 2.33. The average molecular weight is 232 g/mol. The quantitative estimate of drug-likeness (QED) is 0.782. The van der Waals surface area contributed by atoms with Crippen molar-refractivity contribution in [2.45, 2.75) is 26.3 Å². The van der Waals surface area contributed by atoms with Gasteiger partial charge in [0.1, 0.15) is 0 Å². The van der Waals surface area contributed by atoms with Crippen molar-refractivity contribution < 1.29 is 0 Å². The first-order chi connectivity index (χ1) is 8.15. The van der Waals surface area contributed by atoms with Crippen molar-refractivity contribution in [2.24, 2.45) is 0 Å². The third kappa shape index (κ3) is 1.95. The molecule has 0 bridgehead atoms. The van der Waals surface area contributed by atoms with Crippen molar-refractivity contribution in [3.05, 3.63) is 28.8 Å². The lowest BCUT2D eigenvalue weighted by molar-refractivity contribution is 0.608. The summed E-state index contributed by atoms with van der Waals surface area (Å²) in [7, 11) is 0. The summed E-state index contributed by atoms with van der Waals surface area (Å²) in [4.78, 5) is 16.4. The van der Waals surface area contributed by atoms with Crippen molar-refractivity contribution in [3.63, 3.8) is 0 Å². The largest absolute Gasteiger partial charge is 0.397 e. The van der Waals surface area contributed by atoms with E-state index in [0.717, 1.165) is 12.8 Å². The molecule has 90 valence electrons. The Morgan fingerprint density at radius 1 is 1.35 bits per heavy atom. The Balaban J connectivity index is 2.65. The lowest BCUT2D eigenvalue weighted by Crippen LogP contribution is -2.21. The Bertz CT molecular complexity index is 603. The minimum absolute atomic E-state index is 0.117. The Kier molecular flexibility index (Phi) is 2.99. The van der Waals surface area contributed by atoms with Gasteiger partial charge in [0.2, 0.25) is 0 Å². The third-order valence-electron chi connectivity index (χ3n) is 2.82. The fourth-order valence-corrected chi connectivity index (χ4v) is 1.77. The number of anilines is 2. The van der Waals surface area contributed by atoms with Crippen molar-refractivity contribution in [1.29, 1.82) is 0 Å². The van der Waals surface area contributed by atoms with Gasteiger partial charge < -0.3 is 11.5 Å². The molecule has 0 aliphatic rings. The highest BCUT2D eigenvalue weighted by Gasteiger charge is 2.09. The molecular formula is C12H16N4O. The van der Waals surface area contributed by atoms with Crippen LogP contribution in [0.4, 0.5) is 11.4 Å². The molecule has 0 unspecified atom stereocenters. The fraction of sp³-hybridized carbons (Fsp3) is 0.333. The summed E-state index contributed by atoms with van der Waals surface area (Å²) in [6.45, 7) is 2.73. The van der Waals surface area contributed by atoms with Gasteiger partial charge in [0.05, 0.1) is 28.6 Å². The molecule has 17 heavy (non-hydrogen) atoms. The summed E-state index contributed by atoms with van der Waals surface area (Å²) in [6.07, 6.45) is 3.53. The van der Waals surface area contributed by atoms with E-state index in [4.69, 9.17) is 11.5 Å². The number of fused-ring (bicyclic) bond motifs is 1. The predicted molar refractivity (Wildman–Crippen MR) is 69.7 cm³/mol. The number of nitrogens with two attached hydrogens (primary N) is 2. The van der Waals surface area contributed by atoms with Crippen LogP contribution in [0, 0.1) is 0 Å². The maximum atomic E-state index is 12.2. The number of rotatable bonds is 3. The van der Waals surface area contributed by atoms with E-state index < -0.39 is 0 Å². The van der Waals surface area contributed by atoms with E-state index in [0.29, 0.717) is 28.8 Å². The van der Waals surface area contributed by atoms with E-state index in [1.54, 1.807) is 23.0 Å². The van der Waals surface area contributed by atoms with Crippen LogP contribution in [0.15, 0.2) is 23.3 Å². The Hall–Kier alpha value is -2.04. The van der Waals surface area contributed by atoms with E-state index in [1.807, 2.05) is 0 Å². The maximum absolute atomic E-state index is 12.2. The van der Waals surface area contributed by atoms with Gasteiger partial charge in [-0.15, -0.1) is 0 Å². The van der Waals surface area contributed by atoms with Gasteiger partial charge in [0.15, 0.2) is 0 Å². The lowest BCUT2D eigenvalue weighted by atomic mass is 10.2. The van der Waals surface area contributed by atoms with Crippen LogP contribution in [-0.2, 0) is 6.54 Å². The summed E-state index contributed by atoms with van der Waals surface area (Å²) in [5.41, 5.74) is 12.8. The molecule has 0 aliphatic heterocycles. The van der Waals surface area contributed by atoms with Crippen LogP contribution in [0.25, 0.3) is 10.9 Å². The predicted octanol–water partition coefficient (Wildman–Crippen LogP) is 1.36. The fourth-order valence-electron chi connectivity index (χ4n) is 1.77. The van der Waals surface area contributed by atoms with Gasteiger partial charge in [-0.3, -0.25) is 9.36 Å². The van der Waals surface area contributed by atoms with Gasteiger partial charge in [-0.25, -0.2) is 4.98 Å². The summed E-state index contributed by atoms with van der Waals surface area (Å²) in [5, 5.41) is 0.420. The minimum Gasteiger partial charge on any atom is -0.397 e. The molecular weight excluding hydrogens is 216 g/mol. The number of hydrogen-bond acceptors (Lipinski definition) is 4. The summed E-state index contributed by atoms with van der Waals surface area (Å²) in [5.74, 6) is 0. The number of aromatic nitrogens is 2. The lowest BCUT2D eigenvalue weighted by Gasteiger charge is -2.08. The molecule has 4 N–H and O–H groups in total. The molecule has 2 aromatic rings. The van der Waals surface area contributed by atoms with Crippen LogP contribution >= 0.6 is 0 Å². The number of benzene rings is 1. The standard InChI is InChI=1S/C12H16N4O/c1-2-3-6-16-7-15-9-5-4-8(13)11(14)10(9)12(16)17/h4-5,7H,2-3,6,13-14H2,1H3. The van der Waals surface area contributed by atoms with Crippen molar-refractivity contribution in [1.82, 2.24) is 9.55 Å². The van der Waals surface area contributed by atoms with Crippen LogP contribution < -0.4 is 17.0 Å². The zero-order valence-corrected chi connectivity index (χ0v) is 9.81. The topological polar surface area (TPSA) is 86.9 Å². The SMILES string of the molecule is CCCCn1cnc2ccc(N)c(N)c2c1=O. The van der Waals surface area contributed by atoms with Gasteiger partial charge in [-0.05, 0) is 18.6 Å². The molecule has 0 fully saturated rings. The normalized spacial score (nSPS) is 10.9. The second-order valence-corrected chi connectivity index (χ2v) is 4.06. The highest BCUT2D eigenvalue weighted by atomic mass is 16.1. The van der Waals surface area contributed by atoms with E-state index in [-0.39, 0.29) is 5.56 Å². The molecule has 0 spiro atoms. The highest BCUT2D eigenvalue weighted by molar-refractivity contribution is 5.95. The monoisotopic (exact) mass is 232 g/mol. The number of unbranched alkanes of at least 4 members (excludes halogenated alkanes) is 1. The second kappa shape index (κ2) is 4.45. The number of hydrogen-bond donors (Lipinski definition) is 2. The molecule has 0 saturated heterocycles. The number of nitrogens with zero attached hydrogens (tertiary/aromatic N) is 2. The summed E-state index contributed by atoms with van der Waals surface area (Å²) >= 11 is 0. The van der Waals surface area contributed by atoms with Gasteiger partial charge >= 0.3 is 0 Å². The van der Waals surface area contributed by atoms with E-state index in [2.05, 4.69) is 11.9 Å². The Labute approximate surface area is 99.1 Å². The molecule has 0 aliphatic carbocycles. The summed E-state index contributed by atoms with van der Waals surface area (Å²) in [6, 6.07) is 3.38. The Morgan fingerprint density at radius 2 is 2.12 bits per heavy atom. The third-order valence-corrected chi connectivity index (χ3v) is 2.82. The van der Waals surface area contributed by atoms with Crippen molar-refractivity contribution in [3.8, 4) is 0 Å². The van der Waals surface area contributed by atoms with Gasteiger partial charge in [0, 0.05) is 6.54 Å².